The van der Waals surface area contributed by atoms with Gasteiger partial charge >= 0.3 is 18.3 Å². The van der Waals surface area contributed by atoms with Crippen molar-refractivity contribution in [3.63, 3.8) is 0 Å². The lowest BCUT2D eigenvalue weighted by Gasteiger charge is -2.20. The third-order valence-electron chi connectivity index (χ3n) is 6.01. The molecule has 2 heterocycles. The Bertz CT molecular complexity index is 1270. The number of alkyl carbamates (subject to hydrolysis) is 1. The second kappa shape index (κ2) is 11.0. The van der Waals surface area contributed by atoms with Crippen molar-refractivity contribution in [3.05, 3.63) is 48.0 Å². The van der Waals surface area contributed by atoms with E-state index in [1.165, 1.54) is 40.1 Å². The Hall–Kier alpha value is -3.93. The van der Waals surface area contributed by atoms with Gasteiger partial charge in [0, 0.05) is 17.7 Å². The number of rotatable bonds is 7. The van der Waals surface area contributed by atoms with E-state index in [2.05, 4.69) is 5.32 Å². The van der Waals surface area contributed by atoms with Crippen LogP contribution in [0.25, 0.3) is 11.1 Å². The zero-order valence-electron chi connectivity index (χ0n) is 22.5. The van der Waals surface area contributed by atoms with Crippen molar-refractivity contribution in [2.45, 2.75) is 38.6 Å². The van der Waals surface area contributed by atoms with Crippen LogP contribution in [0.1, 0.15) is 20.8 Å². The molecule has 39 heavy (non-hydrogen) atoms. The van der Waals surface area contributed by atoms with Crippen molar-refractivity contribution < 1.29 is 37.4 Å². The number of nitrogens with one attached hydrogen (secondary N) is 1. The summed E-state index contributed by atoms with van der Waals surface area (Å²) < 4.78 is 46.0. The first-order valence-corrected chi connectivity index (χ1v) is 12.5. The minimum absolute atomic E-state index is 0.00337. The number of cyclic esters (lactones) is 2. The molecule has 0 spiro atoms. The number of hydrogen-bond donors (Lipinski definition) is 1. The molecule has 0 aliphatic carbocycles. The number of nitrogens with zero attached hydrogens (tertiary/aromatic N) is 3. The maximum absolute atomic E-state index is 15.1. The van der Waals surface area contributed by atoms with E-state index in [0.29, 0.717) is 12.2 Å². The fraction of sp³-hybridized carbons (Fsp3) is 0.444. The van der Waals surface area contributed by atoms with Crippen LogP contribution in [0.15, 0.2) is 36.4 Å². The molecule has 12 heteroatoms. The molecule has 2 saturated heterocycles. The molecule has 2 fully saturated rings. The fourth-order valence-electron chi connectivity index (χ4n) is 4.37. The molecule has 4 rings (SSSR count). The van der Waals surface area contributed by atoms with Crippen LogP contribution in [0.4, 0.5) is 34.5 Å². The Labute approximate surface area is 225 Å². The molecule has 1 N–H and O–H groups in total. The first-order valence-electron chi connectivity index (χ1n) is 12.5. The van der Waals surface area contributed by atoms with Crippen LogP contribution < -0.4 is 15.1 Å². The molecule has 2 aromatic rings. The number of amides is 3. The van der Waals surface area contributed by atoms with Crippen LogP contribution in [0.3, 0.4) is 0 Å². The zero-order valence-corrected chi connectivity index (χ0v) is 22.5. The van der Waals surface area contributed by atoms with Gasteiger partial charge in [0.2, 0.25) is 0 Å². The predicted molar refractivity (Wildman–Crippen MR) is 140 cm³/mol. The molecule has 10 nitrogen and oxygen atoms in total. The number of ether oxygens (including phenoxy) is 3. The van der Waals surface area contributed by atoms with Gasteiger partial charge in [0.05, 0.1) is 31.0 Å². The average Bonchev–Trinajstić information content (AvgIpc) is 3.38. The largest absolute Gasteiger partial charge is 0.444 e. The van der Waals surface area contributed by atoms with E-state index >= 15 is 8.78 Å². The lowest BCUT2D eigenvalue weighted by atomic mass is 10.0. The molecular weight excluding hydrogens is 514 g/mol. The highest BCUT2D eigenvalue weighted by molar-refractivity contribution is 5.91. The highest BCUT2D eigenvalue weighted by atomic mass is 19.1. The van der Waals surface area contributed by atoms with E-state index in [4.69, 9.17) is 14.2 Å². The molecule has 2 aliphatic rings. The van der Waals surface area contributed by atoms with Gasteiger partial charge in [0.15, 0.2) is 0 Å². The van der Waals surface area contributed by atoms with Gasteiger partial charge in [-0.1, -0.05) is 0 Å². The number of hydrogen-bond acceptors (Lipinski definition) is 7. The van der Waals surface area contributed by atoms with Gasteiger partial charge in [0.25, 0.3) is 0 Å². The van der Waals surface area contributed by atoms with Gasteiger partial charge < -0.3 is 24.4 Å². The van der Waals surface area contributed by atoms with Gasteiger partial charge in [-0.3, -0.25) is 9.80 Å². The summed E-state index contributed by atoms with van der Waals surface area (Å²) in [7, 11) is 3.72. The molecule has 2 aliphatic heterocycles. The predicted octanol–water partition coefficient (Wildman–Crippen LogP) is 4.37. The third kappa shape index (κ3) is 6.75. The molecule has 0 aromatic heterocycles. The summed E-state index contributed by atoms with van der Waals surface area (Å²) in [6, 6.07) is 8.09. The monoisotopic (exact) mass is 546 g/mol. The van der Waals surface area contributed by atoms with Crippen LogP contribution in [0.2, 0.25) is 0 Å². The van der Waals surface area contributed by atoms with E-state index in [9.17, 15) is 14.4 Å². The normalized spacial score (nSPS) is 19.4. The van der Waals surface area contributed by atoms with Crippen LogP contribution in [-0.2, 0) is 14.2 Å². The Balaban J connectivity index is 1.43. The highest BCUT2D eigenvalue weighted by Gasteiger charge is 2.34. The molecule has 0 saturated carbocycles. The second-order valence-corrected chi connectivity index (χ2v) is 10.7. The number of carbonyl (C=O) groups excluding carboxylic acids is 3. The highest BCUT2D eigenvalue weighted by Crippen LogP contribution is 2.33. The van der Waals surface area contributed by atoms with Crippen molar-refractivity contribution >= 4 is 29.7 Å². The van der Waals surface area contributed by atoms with Gasteiger partial charge in [-0.2, -0.15) is 0 Å². The van der Waals surface area contributed by atoms with E-state index in [0.717, 1.165) is 6.07 Å². The summed E-state index contributed by atoms with van der Waals surface area (Å²) >= 11 is 0. The second-order valence-electron chi connectivity index (χ2n) is 10.7. The smallest absolute Gasteiger partial charge is 0.414 e. The molecule has 0 bridgehead atoms. The number of likely N-dealkylation sites (N-methyl/N-ethyl adjacent to an activating group) is 1. The molecule has 3 amide bonds. The molecule has 2 aromatic carbocycles. The number of benzene rings is 2. The Morgan fingerprint density at radius 2 is 1.44 bits per heavy atom. The topological polar surface area (TPSA) is 101 Å². The van der Waals surface area contributed by atoms with E-state index < -0.39 is 41.6 Å². The minimum atomic E-state index is -0.742. The number of carbonyl (C=O) groups is 3. The zero-order chi connectivity index (χ0) is 28.5. The third-order valence-corrected chi connectivity index (χ3v) is 6.01. The summed E-state index contributed by atoms with van der Waals surface area (Å²) in [6.07, 6.45) is -2.91. The standard InChI is InChI=1S/C27H32F2N4O6/c1-27(2,3)39-24(34)30-12-18-14-32(25(35)37-18)16-6-8-20(22(28)10-16)21-9-7-17(11-23(21)29)33-15-19(13-31(4)5)38-26(33)36/h6-11,18-19H,12-15H2,1-5H3,(H,30,34)/t18-,19+/m1/s1. The van der Waals surface area contributed by atoms with E-state index in [1.807, 2.05) is 19.0 Å². The van der Waals surface area contributed by atoms with Gasteiger partial charge in [-0.05, 0) is 71.3 Å². The summed E-state index contributed by atoms with van der Waals surface area (Å²) in [4.78, 5) is 41.0. The van der Waals surface area contributed by atoms with E-state index in [1.54, 1.807) is 20.8 Å². The first kappa shape index (κ1) is 28.1. The Morgan fingerprint density at radius 3 is 1.90 bits per heavy atom. The van der Waals surface area contributed by atoms with E-state index in [-0.39, 0.29) is 42.6 Å². The van der Waals surface area contributed by atoms with Crippen molar-refractivity contribution in [2.24, 2.45) is 0 Å². The van der Waals surface area contributed by atoms with Crippen LogP contribution in [0.5, 0.6) is 0 Å². The molecule has 0 unspecified atom stereocenters. The maximum atomic E-state index is 15.1. The van der Waals surface area contributed by atoms with Crippen molar-refractivity contribution in [3.8, 4) is 11.1 Å². The number of halogens is 2. The van der Waals surface area contributed by atoms with Crippen LogP contribution in [0, 0.1) is 11.6 Å². The van der Waals surface area contributed by atoms with Crippen LogP contribution >= 0.6 is 0 Å². The quantitative estimate of drug-likeness (QED) is 0.515. The van der Waals surface area contributed by atoms with Crippen molar-refractivity contribution in [2.75, 3.05) is 50.1 Å². The summed E-state index contributed by atoms with van der Waals surface area (Å²) in [5.41, 5.74) is -0.136. The lowest BCUT2D eigenvalue weighted by molar-refractivity contribution is 0.0496. The minimum Gasteiger partial charge on any atom is -0.444 e. The molecular formula is C27H32F2N4O6. The lowest BCUT2D eigenvalue weighted by Crippen LogP contribution is -2.38. The molecule has 2 atom stereocenters. The Morgan fingerprint density at radius 1 is 0.949 bits per heavy atom. The van der Waals surface area contributed by atoms with Gasteiger partial charge in [-0.15, -0.1) is 0 Å². The SMILES string of the molecule is CN(C)C[C@H]1CN(c2ccc(-c3ccc(N4C[C@@H](CNC(=O)OC(C)(C)C)OC4=O)cc3F)c(F)c2)C(=O)O1. The summed E-state index contributed by atoms with van der Waals surface area (Å²) in [6.45, 7) is 6.10. The van der Waals surface area contributed by atoms with Crippen molar-refractivity contribution in [1.82, 2.24) is 10.2 Å². The molecule has 0 radical (unpaired) electrons. The molecule has 210 valence electrons. The van der Waals surface area contributed by atoms with Crippen LogP contribution in [-0.4, -0.2) is 81.3 Å². The maximum Gasteiger partial charge on any atom is 0.414 e. The number of anilines is 2. The fourth-order valence-corrected chi connectivity index (χ4v) is 4.37. The Kier molecular flexibility index (Phi) is 7.96. The summed E-state index contributed by atoms with van der Waals surface area (Å²) in [5, 5.41) is 2.54. The van der Waals surface area contributed by atoms with Crippen molar-refractivity contribution in [1.29, 1.82) is 0 Å². The van der Waals surface area contributed by atoms with Gasteiger partial charge in [0.1, 0.15) is 29.4 Å². The summed E-state index contributed by atoms with van der Waals surface area (Å²) in [5.74, 6) is -1.45. The average molecular weight is 547 g/mol. The first-order chi connectivity index (χ1) is 18.3. The van der Waals surface area contributed by atoms with Gasteiger partial charge in [-0.25, -0.2) is 23.2 Å².